The number of benzene rings is 2. The maximum Gasteiger partial charge on any atom is 0.231 e. The highest BCUT2D eigenvalue weighted by Crippen LogP contribution is 2.29. The largest absolute Gasteiger partial charge is 0.494 e. The van der Waals surface area contributed by atoms with Crippen LogP contribution < -0.4 is 15.0 Å². The lowest BCUT2D eigenvalue weighted by Gasteiger charge is -2.20. The summed E-state index contributed by atoms with van der Waals surface area (Å²) in [5.41, 5.74) is 3.34. The Hall–Kier alpha value is -3.52. The van der Waals surface area contributed by atoms with Crippen molar-refractivity contribution >= 4 is 39.9 Å². The van der Waals surface area contributed by atoms with Gasteiger partial charge in [0.25, 0.3) is 0 Å². The Morgan fingerprint density at radius 2 is 1.76 bits per heavy atom. The molecule has 3 heterocycles. The molecule has 1 N–H and O–H groups in total. The molecule has 0 radical (unpaired) electrons. The van der Waals surface area contributed by atoms with Gasteiger partial charge in [0.15, 0.2) is 11.6 Å². The van der Waals surface area contributed by atoms with Gasteiger partial charge in [0.05, 0.1) is 29.8 Å². The fourth-order valence-electron chi connectivity index (χ4n) is 3.95. The number of rotatable bonds is 7. The van der Waals surface area contributed by atoms with Gasteiger partial charge in [-0.2, -0.15) is 0 Å². The molecule has 0 unspecified atom stereocenters. The minimum Gasteiger partial charge on any atom is -0.494 e. The van der Waals surface area contributed by atoms with Crippen LogP contribution in [0.5, 0.6) is 5.75 Å². The number of hydrogen-bond donors (Lipinski definition) is 1. The van der Waals surface area contributed by atoms with Crippen molar-refractivity contribution < 1.29 is 9.53 Å². The minimum absolute atomic E-state index is 0.149. The molecule has 33 heavy (non-hydrogen) atoms. The Kier molecular flexibility index (Phi) is 6.17. The van der Waals surface area contributed by atoms with Gasteiger partial charge in [0, 0.05) is 24.0 Å². The Balaban J connectivity index is 1.32. The molecule has 168 valence electrons. The summed E-state index contributed by atoms with van der Waals surface area (Å²) in [5.74, 6) is 1.95. The topological polar surface area (TPSA) is 80.2 Å². The number of ether oxygens (including phenoxy) is 1. The van der Waals surface area contributed by atoms with Crippen molar-refractivity contribution in [2.75, 3.05) is 29.9 Å². The van der Waals surface area contributed by atoms with Crippen LogP contribution in [0, 0.1) is 0 Å². The second-order valence-electron chi connectivity index (χ2n) is 7.91. The lowest BCUT2D eigenvalue weighted by atomic mass is 10.2. The molecule has 2 aromatic heterocycles. The lowest BCUT2D eigenvalue weighted by Crippen LogP contribution is -2.24. The molecule has 4 aromatic rings. The summed E-state index contributed by atoms with van der Waals surface area (Å²) in [4.78, 5) is 29.3. The van der Waals surface area contributed by atoms with Crippen molar-refractivity contribution in [3.63, 3.8) is 0 Å². The van der Waals surface area contributed by atoms with E-state index in [0.717, 1.165) is 64.8 Å². The van der Waals surface area contributed by atoms with Crippen molar-refractivity contribution in [2.45, 2.75) is 26.2 Å². The van der Waals surface area contributed by atoms with E-state index in [0.29, 0.717) is 12.4 Å². The number of carbonyl (C=O) groups is 1. The second-order valence-corrected chi connectivity index (χ2v) is 8.76. The lowest BCUT2D eigenvalue weighted by molar-refractivity contribution is -0.115. The summed E-state index contributed by atoms with van der Waals surface area (Å²) in [6.45, 7) is 4.45. The van der Waals surface area contributed by atoms with Crippen molar-refractivity contribution in [3.8, 4) is 16.3 Å². The average molecular weight is 460 g/mol. The summed E-state index contributed by atoms with van der Waals surface area (Å²) in [6, 6.07) is 15.6. The fourth-order valence-corrected chi connectivity index (χ4v) is 4.77. The van der Waals surface area contributed by atoms with Crippen LogP contribution in [0.2, 0.25) is 0 Å². The van der Waals surface area contributed by atoms with Crippen molar-refractivity contribution in [2.24, 2.45) is 0 Å². The summed E-state index contributed by atoms with van der Waals surface area (Å²) < 4.78 is 5.50. The zero-order valence-electron chi connectivity index (χ0n) is 18.5. The molecule has 5 rings (SSSR count). The van der Waals surface area contributed by atoms with Crippen LogP contribution in [-0.2, 0) is 11.2 Å². The number of nitrogens with one attached hydrogen (secondary N) is 1. The molecule has 1 aliphatic heterocycles. The number of anilines is 2. The number of amides is 1. The average Bonchev–Trinajstić information content (AvgIpc) is 3.52. The van der Waals surface area contributed by atoms with Gasteiger partial charge in [-0.05, 0) is 56.2 Å². The fraction of sp³-hybridized carbons (Fsp3) is 0.280. The van der Waals surface area contributed by atoms with Crippen LogP contribution in [-0.4, -0.2) is 40.6 Å². The van der Waals surface area contributed by atoms with Gasteiger partial charge >= 0.3 is 0 Å². The number of carbonyl (C=O) groups excluding carboxylic acids is 1. The van der Waals surface area contributed by atoms with Crippen LogP contribution >= 0.6 is 11.3 Å². The van der Waals surface area contributed by atoms with Crippen molar-refractivity contribution in [1.29, 1.82) is 0 Å². The molecule has 7 nitrogen and oxygen atoms in total. The molecule has 1 aliphatic rings. The van der Waals surface area contributed by atoms with Crippen LogP contribution in [0.1, 0.15) is 25.5 Å². The number of aromatic nitrogens is 3. The molecule has 1 amide bonds. The van der Waals surface area contributed by atoms with Crippen LogP contribution in [0.4, 0.5) is 11.6 Å². The van der Waals surface area contributed by atoms with Crippen LogP contribution in [0.25, 0.3) is 21.6 Å². The third kappa shape index (κ3) is 4.80. The normalized spacial score (nSPS) is 13.4. The predicted octanol–water partition coefficient (Wildman–Crippen LogP) is 4.93. The minimum atomic E-state index is -0.149. The summed E-state index contributed by atoms with van der Waals surface area (Å²) >= 11 is 1.53. The molecule has 2 aromatic carbocycles. The van der Waals surface area contributed by atoms with Crippen molar-refractivity contribution in [3.05, 3.63) is 59.6 Å². The predicted molar refractivity (Wildman–Crippen MR) is 132 cm³/mol. The Morgan fingerprint density at radius 3 is 2.48 bits per heavy atom. The first-order chi connectivity index (χ1) is 16.2. The Bertz CT molecular complexity index is 1270. The molecular formula is C25H25N5O2S. The molecule has 0 atom stereocenters. The number of fused-ring (bicyclic) bond motifs is 1. The quantitative estimate of drug-likeness (QED) is 0.422. The summed E-state index contributed by atoms with van der Waals surface area (Å²) in [7, 11) is 0. The summed E-state index contributed by atoms with van der Waals surface area (Å²) in [5, 5.41) is 5.80. The monoisotopic (exact) mass is 459 g/mol. The van der Waals surface area contributed by atoms with Crippen molar-refractivity contribution in [1.82, 2.24) is 15.0 Å². The van der Waals surface area contributed by atoms with E-state index in [2.05, 4.69) is 15.2 Å². The molecule has 8 heteroatoms. The molecule has 1 fully saturated rings. The number of hydrogen-bond acceptors (Lipinski definition) is 7. The van der Waals surface area contributed by atoms with E-state index in [9.17, 15) is 4.79 Å². The molecule has 1 saturated heterocycles. The van der Waals surface area contributed by atoms with Gasteiger partial charge in [-0.25, -0.2) is 15.0 Å². The highest BCUT2D eigenvalue weighted by atomic mass is 32.1. The van der Waals surface area contributed by atoms with E-state index < -0.39 is 0 Å². The molecule has 0 saturated carbocycles. The SMILES string of the molecule is CCOc1ccc(-c2nc(CC(=O)Nc3nc4ccccc4nc3N3CCCC3)cs2)cc1. The van der Waals surface area contributed by atoms with Gasteiger partial charge < -0.3 is 15.0 Å². The number of thiazole rings is 1. The highest BCUT2D eigenvalue weighted by molar-refractivity contribution is 7.13. The first-order valence-corrected chi connectivity index (χ1v) is 12.1. The van der Waals surface area contributed by atoms with Crippen LogP contribution in [0.15, 0.2) is 53.9 Å². The maximum absolute atomic E-state index is 12.9. The third-order valence-corrected chi connectivity index (χ3v) is 6.46. The Morgan fingerprint density at radius 1 is 1.03 bits per heavy atom. The van der Waals surface area contributed by atoms with E-state index in [4.69, 9.17) is 14.7 Å². The third-order valence-electron chi connectivity index (χ3n) is 5.52. The van der Waals surface area contributed by atoms with Gasteiger partial charge in [-0.1, -0.05) is 12.1 Å². The second kappa shape index (κ2) is 9.54. The first-order valence-electron chi connectivity index (χ1n) is 11.2. The van der Waals surface area contributed by atoms with E-state index >= 15 is 0 Å². The van der Waals surface area contributed by atoms with Gasteiger partial charge in [-0.3, -0.25) is 4.79 Å². The molecule has 0 bridgehead atoms. The molecule has 0 spiro atoms. The van der Waals surface area contributed by atoms with Crippen LogP contribution in [0.3, 0.4) is 0 Å². The zero-order chi connectivity index (χ0) is 22.6. The standard InChI is InChI=1S/C25H25N5O2S/c1-2-32-19-11-9-17(10-12-19)25-26-18(16-33-25)15-22(31)29-23-24(30-13-5-6-14-30)28-21-8-4-3-7-20(21)27-23/h3-4,7-12,16H,2,5-6,13-15H2,1H3,(H,27,29,31). The van der Waals surface area contributed by atoms with Gasteiger partial charge in [0.2, 0.25) is 5.91 Å². The van der Waals surface area contributed by atoms with Gasteiger partial charge in [-0.15, -0.1) is 11.3 Å². The zero-order valence-corrected chi connectivity index (χ0v) is 19.3. The number of para-hydroxylation sites is 2. The summed E-state index contributed by atoms with van der Waals surface area (Å²) in [6.07, 6.45) is 2.42. The number of nitrogens with zero attached hydrogens (tertiary/aromatic N) is 4. The van der Waals surface area contributed by atoms with E-state index in [-0.39, 0.29) is 12.3 Å². The maximum atomic E-state index is 12.9. The van der Waals surface area contributed by atoms with E-state index in [1.807, 2.05) is 60.8 Å². The molecule has 0 aliphatic carbocycles. The first kappa shape index (κ1) is 21.3. The highest BCUT2D eigenvalue weighted by Gasteiger charge is 2.21. The smallest absolute Gasteiger partial charge is 0.231 e. The molecular weight excluding hydrogens is 434 g/mol. The van der Waals surface area contributed by atoms with E-state index in [1.54, 1.807) is 0 Å². The van der Waals surface area contributed by atoms with Gasteiger partial charge in [0.1, 0.15) is 10.8 Å². The van der Waals surface area contributed by atoms with E-state index in [1.165, 1.54) is 11.3 Å². The Labute approximate surface area is 196 Å².